The predicted molar refractivity (Wildman–Crippen MR) is 116 cm³/mol. The number of amides is 2. The van der Waals surface area contributed by atoms with E-state index in [1.54, 1.807) is 0 Å². The van der Waals surface area contributed by atoms with Crippen molar-refractivity contribution in [2.45, 2.75) is 31.6 Å². The second kappa shape index (κ2) is 10.9. The van der Waals surface area contributed by atoms with E-state index < -0.39 is 47.5 Å². The van der Waals surface area contributed by atoms with Crippen LogP contribution in [0.2, 0.25) is 0 Å². The minimum Gasteiger partial charge on any atom is -0.857 e. The first-order valence-corrected chi connectivity index (χ1v) is 11.0. The fourth-order valence-electron chi connectivity index (χ4n) is 3.26. The molecule has 2 aliphatic heterocycles. The molecule has 0 saturated carbocycles. The van der Waals surface area contributed by atoms with Crippen LogP contribution in [0, 0.1) is 0 Å². The smallest absolute Gasteiger partial charge is 0.404 e. The van der Waals surface area contributed by atoms with Crippen molar-refractivity contribution >= 4 is 47.3 Å². The fourth-order valence-corrected chi connectivity index (χ4v) is 4.57. The molecule has 1 saturated heterocycles. The van der Waals surface area contributed by atoms with Crippen LogP contribution in [0.4, 0.5) is 4.79 Å². The number of hydrogen-bond donors (Lipinski definition) is 1. The highest BCUT2D eigenvalue weighted by atomic mass is 32.2. The number of fused-ring (bicyclic) bond motifs is 1. The predicted octanol–water partition coefficient (Wildman–Crippen LogP) is -0.526. The topological polar surface area (TPSA) is 195 Å². The number of hydrogen-bond acceptors (Lipinski definition) is 13. The molecule has 3 atom stereocenters. The van der Waals surface area contributed by atoms with Gasteiger partial charge in [0.05, 0.1) is 12.5 Å². The lowest BCUT2D eigenvalue weighted by Crippen LogP contribution is -2.65. The highest BCUT2D eigenvalue weighted by molar-refractivity contribution is 8.00. The molecule has 3 rings (SSSR count). The minimum atomic E-state index is -1.25. The molecule has 0 bridgehead atoms. The van der Waals surface area contributed by atoms with E-state index in [0.29, 0.717) is 5.56 Å². The summed E-state index contributed by atoms with van der Waals surface area (Å²) in [6, 6.07) is 0.343. The van der Waals surface area contributed by atoms with Crippen LogP contribution >= 0.6 is 11.8 Å². The van der Waals surface area contributed by atoms with E-state index in [9.17, 15) is 24.3 Å². The molecule has 1 unspecified atom stereocenters. The molecule has 14 nitrogen and oxygen atoms in total. The Labute approximate surface area is 202 Å². The van der Waals surface area contributed by atoms with Gasteiger partial charge in [-0.15, -0.1) is 11.8 Å². The lowest BCUT2D eigenvalue weighted by Gasteiger charge is -2.48. The van der Waals surface area contributed by atoms with Gasteiger partial charge in [0.1, 0.15) is 30.5 Å². The van der Waals surface area contributed by atoms with Crippen LogP contribution < -0.4 is 10.8 Å². The number of ether oxygens (including phenoxy) is 3. The molecule has 0 aromatic carbocycles. The summed E-state index contributed by atoms with van der Waals surface area (Å²) in [4.78, 5) is 57.8. The molecule has 2 amide bonds. The Morgan fingerprint density at radius 1 is 1.37 bits per heavy atom. The van der Waals surface area contributed by atoms with E-state index in [4.69, 9.17) is 29.2 Å². The molecule has 0 spiro atoms. The third-order valence-corrected chi connectivity index (χ3v) is 5.97. The van der Waals surface area contributed by atoms with Gasteiger partial charge in [-0.25, -0.2) is 9.59 Å². The molecule has 0 aliphatic carbocycles. The van der Waals surface area contributed by atoms with E-state index in [2.05, 4.69) is 10.1 Å². The summed E-state index contributed by atoms with van der Waals surface area (Å²) < 4.78 is 19.6. The summed E-state index contributed by atoms with van der Waals surface area (Å²) in [5.41, 5.74) is 5.17. The minimum absolute atomic E-state index is 0.134. The average molecular weight is 509 g/mol. The molecule has 188 valence electrons. The number of nitrogens with zero attached hydrogens (tertiary/aromatic N) is 3. The molecule has 2 N–H and O–H groups in total. The van der Waals surface area contributed by atoms with Crippen LogP contribution in [0.3, 0.4) is 0 Å². The molecule has 35 heavy (non-hydrogen) atoms. The molecular formula is C20H21N4O10S-. The van der Waals surface area contributed by atoms with Crippen LogP contribution in [0.15, 0.2) is 44.4 Å². The van der Waals surface area contributed by atoms with Crippen molar-refractivity contribution < 1.29 is 47.8 Å². The number of β-lactam (4-membered cyclic amide) rings is 1. The number of furan rings is 1. The second-order valence-corrected chi connectivity index (χ2v) is 8.17. The van der Waals surface area contributed by atoms with Gasteiger partial charge in [0.25, 0.3) is 5.91 Å². The zero-order valence-electron chi connectivity index (χ0n) is 18.8. The first-order chi connectivity index (χ1) is 16.6. The summed E-state index contributed by atoms with van der Waals surface area (Å²) in [6.45, 7) is 2.07. The summed E-state index contributed by atoms with van der Waals surface area (Å²) in [7, 11) is 1.25. The van der Waals surface area contributed by atoms with Crippen molar-refractivity contribution in [2.24, 2.45) is 15.9 Å². The molecule has 1 fully saturated rings. The Morgan fingerprint density at radius 3 is 2.71 bits per heavy atom. The maximum Gasteiger partial charge on any atom is 0.404 e. The van der Waals surface area contributed by atoms with Gasteiger partial charge in [0, 0.05) is 36.6 Å². The second-order valence-electron chi connectivity index (χ2n) is 7.07. The summed E-state index contributed by atoms with van der Waals surface area (Å²) in [5, 5.41) is 15.7. The van der Waals surface area contributed by atoms with Crippen molar-refractivity contribution in [3.63, 3.8) is 0 Å². The fraction of sp³-hybridized carbons (Fsp3) is 0.400. The van der Waals surface area contributed by atoms with Gasteiger partial charge in [-0.1, -0.05) is 5.16 Å². The first-order valence-electron chi connectivity index (χ1n) is 10.00. The van der Waals surface area contributed by atoms with E-state index >= 15 is 0 Å². The third kappa shape index (κ3) is 5.74. The van der Waals surface area contributed by atoms with E-state index in [1.807, 2.05) is 0 Å². The van der Waals surface area contributed by atoms with Gasteiger partial charge in [0.15, 0.2) is 6.04 Å². The normalized spacial score (nSPS) is 21.0. The number of rotatable bonds is 9. The standard InChI is InChI=1S/C20H22N4O10S/c1-9(25)33-10(2)34-19(28)15-12(7-32-20(21)29)8-35-18-14(17(27)24(15)18)22-16(26)13(23-30-3)11-4-5-31-6-11/h4-6,10,14,18H,7-8H2,1-3H3,(H2,21,29)(H,22,26)/p-1/b23-13-/t10?,14-,18-/m1/s1. The van der Waals surface area contributed by atoms with Crippen LogP contribution in [-0.4, -0.2) is 77.6 Å². The number of carbonyl (C=O) groups is 4. The van der Waals surface area contributed by atoms with Gasteiger partial charge >= 0.3 is 18.0 Å². The van der Waals surface area contributed by atoms with Crippen LogP contribution in [0.25, 0.3) is 0 Å². The number of aliphatic imine (C=N–C) groups is 1. The van der Waals surface area contributed by atoms with Gasteiger partial charge < -0.3 is 34.3 Å². The Bertz CT molecular complexity index is 1100. The van der Waals surface area contributed by atoms with Gasteiger partial charge in [-0.3, -0.25) is 19.5 Å². The number of esters is 2. The van der Waals surface area contributed by atoms with Crippen molar-refractivity contribution in [3.05, 3.63) is 35.4 Å². The molecule has 2 aliphatic rings. The highest BCUT2D eigenvalue weighted by Gasteiger charge is 2.54. The lowest BCUT2D eigenvalue weighted by molar-refractivity contribution is -0.210. The number of oxime groups is 1. The van der Waals surface area contributed by atoms with Crippen LogP contribution in [-0.2, 0) is 33.4 Å². The number of carbonyl (C=O) groups excluding carboxylic acids is 4. The Morgan fingerprint density at radius 2 is 2.11 bits per heavy atom. The number of thioether (sulfide) groups is 1. The zero-order chi connectivity index (χ0) is 25.7. The Balaban J connectivity index is 1.87. The maximum atomic E-state index is 13.0. The average Bonchev–Trinajstić information content (AvgIpc) is 3.32. The van der Waals surface area contributed by atoms with Crippen LogP contribution in [0.5, 0.6) is 0 Å². The molecule has 0 radical (unpaired) electrons. The summed E-state index contributed by atoms with van der Waals surface area (Å²) in [6.07, 6.45) is 0.265. The van der Waals surface area contributed by atoms with Crippen molar-refractivity contribution in [3.8, 4) is 0 Å². The third-order valence-electron chi connectivity index (χ3n) is 4.64. The largest absolute Gasteiger partial charge is 0.857 e. The van der Waals surface area contributed by atoms with E-state index in [1.165, 1.54) is 44.4 Å². The van der Waals surface area contributed by atoms with Crippen LogP contribution in [0.1, 0.15) is 19.4 Å². The van der Waals surface area contributed by atoms with Gasteiger partial charge in [-0.2, -0.15) is 0 Å². The van der Waals surface area contributed by atoms with Gasteiger partial charge in [-0.05, 0) is 6.07 Å². The van der Waals surface area contributed by atoms with Crippen molar-refractivity contribution in [1.82, 2.24) is 4.90 Å². The molecule has 1 aromatic rings. The molecule has 1 aromatic heterocycles. The number of primary amides is 1. The monoisotopic (exact) mass is 509 g/mol. The SMILES string of the molecule is CO/N=C(\C([O-])=N[C@@H]1C(=O)N2C(C(=O)OC(C)OC(C)=O)=C(COC(N)=O)CS[C@H]12)c1ccoc1. The molecular weight excluding hydrogens is 488 g/mol. The Hall–Kier alpha value is -4.01. The summed E-state index contributed by atoms with van der Waals surface area (Å²) >= 11 is 1.19. The van der Waals surface area contributed by atoms with E-state index in [0.717, 1.165) is 11.8 Å². The maximum absolute atomic E-state index is 13.0. The van der Waals surface area contributed by atoms with Crippen molar-refractivity contribution in [2.75, 3.05) is 19.5 Å². The lowest BCUT2D eigenvalue weighted by atomic mass is 10.0. The summed E-state index contributed by atoms with van der Waals surface area (Å²) in [5.74, 6) is -3.05. The van der Waals surface area contributed by atoms with Gasteiger partial charge in [0.2, 0.25) is 6.29 Å². The zero-order valence-corrected chi connectivity index (χ0v) is 19.6. The highest BCUT2D eigenvalue weighted by Crippen LogP contribution is 2.42. The molecule has 3 heterocycles. The first kappa shape index (κ1) is 25.6. The quantitative estimate of drug-likeness (QED) is 0.112. The molecule has 15 heteroatoms. The van der Waals surface area contributed by atoms with E-state index in [-0.39, 0.29) is 29.3 Å². The van der Waals surface area contributed by atoms with Crippen molar-refractivity contribution in [1.29, 1.82) is 0 Å². The number of nitrogens with two attached hydrogens (primary N) is 1. The Kier molecular flexibility index (Phi) is 8.01.